The average molecular weight is 332 g/mol. The lowest BCUT2D eigenvalue weighted by atomic mass is 10.2. The summed E-state index contributed by atoms with van der Waals surface area (Å²) in [6, 6.07) is 16.8. The molecule has 0 bridgehead atoms. The minimum atomic E-state index is -3.49. The zero-order valence-corrected chi connectivity index (χ0v) is 14.0. The Hall–Kier alpha value is -1.81. The first-order valence-corrected chi connectivity index (χ1v) is 8.86. The lowest BCUT2D eigenvalue weighted by Gasteiger charge is -2.14. The monoisotopic (exact) mass is 332 g/mol. The summed E-state index contributed by atoms with van der Waals surface area (Å²) in [4.78, 5) is 2.15. The molecule has 0 saturated heterocycles. The van der Waals surface area contributed by atoms with Crippen molar-refractivity contribution in [3.63, 3.8) is 0 Å². The summed E-state index contributed by atoms with van der Waals surface area (Å²) in [7, 11) is -0.509. The van der Waals surface area contributed by atoms with E-state index in [1.54, 1.807) is 18.2 Å². The van der Waals surface area contributed by atoms with Crippen molar-refractivity contribution in [2.24, 2.45) is 0 Å². The predicted molar refractivity (Wildman–Crippen MR) is 87.2 cm³/mol. The molecule has 0 radical (unpaired) electrons. The number of nitrogens with zero attached hydrogens (tertiary/aromatic N) is 2. The van der Waals surface area contributed by atoms with Crippen LogP contribution in [0.5, 0.6) is 0 Å². The molecule has 0 fully saturated rings. The molecule has 4 nitrogen and oxygen atoms in total. The number of sulfonamides is 1. The first-order chi connectivity index (χ1) is 10.4. The van der Waals surface area contributed by atoms with Gasteiger partial charge < -0.3 is 0 Å². The van der Waals surface area contributed by atoms with Gasteiger partial charge in [0.15, 0.2) is 0 Å². The van der Waals surface area contributed by atoms with Crippen LogP contribution in [0.3, 0.4) is 0 Å². The van der Waals surface area contributed by atoms with Crippen LogP contribution in [-0.2, 0) is 16.4 Å². The van der Waals surface area contributed by atoms with Gasteiger partial charge in [0.1, 0.15) is 0 Å². The lowest BCUT2D eigenvalue weighted by Crippen LogP contribution is -2.22. The van der Waals surface area contributed by atoms with E-state index < -0.39 is 10.0 Å². The maximum atomic E-state index is 12.2. The predicted octanol–water partition coefficient (Wildman–Crippen LogP) is 3.15. The summed E-state index contributed by atoms with van der Waals surface area (Å²) in [5, 5.41) is 8.99. The minimum absolute atomic E-state index is 0.173. The summed E-state index contributed by atoms with van der Waals surface area (Å²) in [5.74, 6) is 0. The van der Waals surface area contributed by atoms with E-state index >= 15 is 0 Å². The van der Waals surface area contributed by atoms with E-state index in [9.17, 15) is 8.42 Å². The summed E-state index contributed by atoms with van der Waals surface area (Å²) in [6.07, 6.45) is 0.173. The van der Waals surface area contributed by atoms with Gasteiger partial charge in [0.05, 0.1) is 17.4 Å². The minimum Gasteiger partial charge on any atom is -0.207 e. The Labute approximate surface area is 135 Å². The van der Waals surface area contributed by atoms with E-state index in [1.807, 2.05) is 30.3 Å². The smallest absolute Gasteiger partial charge is 0.207 e. The Morgan fingerprint density at radius 3 is 2.41 bits per heavy atom. The normalized spacial score (nSPS) is 11.4. The van der Waals surface area contributed by atoms with Gasteiger partial charge in [0.25, 0.3) is 0 Å². The second kappa shape index (κ2) is 6.97. The number of hydrogen-bond acceptors (Lipinski definition) is 4. The maximum Gasteiger partial charge on any atom is 0.242 e. The third-order valence-electron chi connectivity index (χ3n) is 3.05. The van der Waals surface area contributed by atoms with Crippen molar-refractivity contribution in [2.45, 2.75) is 21.1 Å². The molecule has 0 N–H and O–H groups in total. The van der Waals surface area contributed by atoms with E-state index in [2.05, 4.69) is 6.07 Å². The summed E-state index contributed by atoms with van der Waals surface area (Å²) >= 11 is 1.52. The first kappa shape index (κ1) is 16.6. The molecule has 0 amide bonds. The zero-order chi connectivity index (χ0) is 16.2. The standard InChI is InChI=1S/C16H16N2O2S2/c1-18(2)22(19,20)15-8-9-16(13(12-15)10-11-17)21-14-6-4-3-5-7-14/h3-9,12H,10H2,1-2H3. The summed E-state index contributed by atoms with van der Waals surface area (Å²) in [6.45, 7) is 0. The van der Waals surface area contributed by atoms with Gasteiger partial charge in [-0.1, -0.05) is 30.0 Å². The number of hydrogen-bond donors (Lipinski definition) is 0. The highest BCUT2D eigenvalue weighted by Crippen LogP contribution is 2.32. The quantitative estimate of drug-likeness (QED) is 0.844. The molecular formula is C16H16N2O2S2. The van der Waals surface area contributed by atoms with Crippen LogP contribution in [0.25, 0.3) is 0 Å². The summed E-state index contributed by atoms with van der Waals surface area (Å²) in [5.41, 5.74) is 0.722. The second-order valence-corrected chi connectivity index (χ2v) is 8.07. The van der Waals surface area contributed by atoms with E-state index in [0.29, 0.717) is 0 Å². The van der Waals surface area contributed by atoms with Crippen molar-refractivity contribution in [3.8, 4) is 6.07 Å². The molecule has 0 aliphatic rings. The third kappa shape index (κ3) is 3.69. The van der Waals surface area contributed by atoms with E-state index in [-0.39, 0.29) is 11.3 Å². The van der Waals surface area contributed by atoms with Gasteiger partial charge in [-0.25, -0.2) is 12.7 Å². The molecule has 2 aromatic carbocycles. The van der Waals surface area contributed by atoms with Crippen LogP contribution >= 0.6 is 11.8 Å². The van der Waals surface area contributed by atoms with Crippen molar-refractivity contribution >= 4 is 21.8 Å². The van der Waals surface area contributed by atoms with E-state index in [0.717, 1.165) is 15.4 Å². The van der Waals surface area contributed by atoms with Crippen LogP contribution in [0.1, 0.15) is 5.56 Å². The molecule has 114 valence electrons. The fourth-order valence-electron chi connectivity index (χ4n) is 1.87. The van der Waals surface area contributed by atoms with Crippen LogP contribution < -0.4 is 0 Å². The number of benzene rings is 2. The molecule has 0 aliphatic heterocycles. The van der Waals surface area contributed by atoms with E-state index in [4.69, 9.17) is 5.26 Å². The van der Waals surface area contributed by atoms with Crippen molar-refractivity contribution in [2.75, 3.05) is 14.1 Å². The Bertz CT molecular complexity index is 795. The zero-order valence-electron chi connectivity index (χ0n) is 12.4. The SMILES string of the molecule is CN(C)S(=O)(=O)c1ccc(Sc2ccccc2)c(CC#N)c1. The van der Waals surface area contributed by atoms with Gasteiger partial charge in [-0.3, -0.25) is 0 Å². The molecule has 2 rings (SSSR count). The molecule has 0 spiro atoms. The van der Waals surface area contributed by atoms with Gasteiger partial charge in [-0.05, 0) is 35.9 Å². The third-order valence-corrected chi connectivity index (χ3v) is 5.99. The van der Waals surface area contributed by atoms with Crippen LogP contribution in [0.15, 0.2) is 63.2 Å². The first-order valence-electron chi connectivity index (χ1n) is 6.60. The van der Waals surface area contributed by atoms with Gasteiger partial charge in [-0.2, -0.15) is 5.26 Å². The van der Waals surface area contributed by atoms with Gasteiger partial charge in [0, 0.05) is 23.9 Å². The Morgan fingerprint density at radius 2 is 1.82 bits per heavy atom. The van der Waals surface area contributed by atoms with Crippen molar-refractivity contribution in [1.82, 2.24) is 4.31 Å². The highest BCUT2D eigenvalue weighted by atomic mass is 32.2. The molecule has 0 heterocycles. The number of rotatable bonds is 5. The Kier molecular flexibility index (Phi) is 5.24. The van der Waals surface area contributed by atoms with Gasteiger partial charge in [0.2, 0.25) is 10.0 Å². The van der Waals surface area contributed by atoms with Crippen LogP contribution in [-0.4, -0.2) is 26.8 Å². The Balaban J connectivity index is 2.43. The molecular weight excluding hydrogens is 316 g/mol. The average Bonchev–Trinajstić information content (AvgIpc) is 2.50. The van der Waals surface area contributed by atoms with Crippen molar-refractivity contribution < 1.29 is 8.42 Å². The molecule has 0 unspecified atom stereocenters. The molecule has 0 aromatic heterocycles. The molecule has 22 heavy (non-hydrogen) atoms. The van der Waals surface area contributed by atoms with Gasteiger partial charge in [-0.15, -0.1) is 0 Å². The van der Waals surface area contributed by atoms with Crippen LogP contribution in [0.4, 0.5) is 0 Å². The Morgan fingerprint density at radius 1 is 1.14 bits per heavy atom. The molecule has 6 heteroatoms. The highest BCUT2D eigenvalue weighted by Gasteiger charge is 2.18. The van der Waals surface area contributed by atoms with Crippen LogP contribution in [0.2, 0.25) is 0 Å². The molecule has 2 aromatic rings. The van der Waals surface area contributed by atoms with Gasteiger partial charge >= 0.3 is 0 Å². The fraction of sp³-hybridized carbons (Fsp3) is 0.188. The number of nitriles is 1. The maximum absolute atomic E-state index is 12.2. The van der Waals surface area contributed by atoms with E-state index in [1.165, 1.54) is 30.2 Å². The topological polar surface area (TPSA) is 61.2 Å². The lowest BCUT2D eigenvalue weighted by molar-refractivity contribution is 0.520. The van der Waals surface area contributed by atoms with Crippen molar-refractivity contribution in [1.29, 1.82) is 5.26 Å². The fourth-order valence-corrected chi connectivity index (χ4v) is 3.76. The highest BCUT2D eigenvalue weighted by molar-refractivity contribution is 7.99. The molecule has 0 aliphatic carbocycles. The largest absolute Gasteiger partial charge is 0.242 e. The van der Waals surface area contributed by atoms with Crippen molar-refractivity contribution in [3.05, 3.63) is 54.1 Å². The van der Waals surface area contributed by atoms with Crippen LogP contribution in [0, 0.1) is 11.3 Å². The summed E-state index contributed by atoms with van der Waals surface area (Å²) < 4.78 is 25.6. The molecule has 0 atom stereocenters. The molecule has 0 saturated carbocycles. The second-order valence-electron chi connectivity index (χ2n) is 4.81.